The van der Waals surface area contributed by atoms with Crippen molar-refractivity contribution in [3.63, 3.8) is 0 Å². The number of hydrogen-bond acceptors (Lipinski definition) is 0. The number of hydrogen-bond donors (Lipinski definition) is 0. The topological polar surface area (TPSA) is 0 Å². The van der Waals surface area contributed by atoms with Crippen LogP contribution in [-0.4, -0.2) is 3.26 Å². The molecule has 1 unspecified atom stereocenters. The zero-order chi connectivity index (χ0) is 12.5. The van der Waals surface area contributed by atoms with Gasteiger partial charge in [0.15, 0.2) is 0 Å². The van der Waals surface area contributed by atoms with Crippen molar-refractivity contribution in [2.45, 2.75) is 23.9 Å². The van der Waals surface area contributed by atoms with E-state index in [0.29, 0.717) is 0 Å². The molecule has 1 atom stereocenters. The van der Waals surface area contributed by atoms with Crippen molar-refractivity contribution in [1.82, 2.24) is 0 Å². The molecule has 20 heavy (non-hydrogen) atoms. The molecule has 0 amide bonds. The molecular formula is C17H20Br2Hf. The SMILES string of the molecule is Br.Br.C[C](C)=[Hf]([C]1=CC=CC1)[CH]1C=Cc2ccccc21. The molecule has 0 spiro atoms. The standard InChI is InChI=1S/C9H7.C5H5.C3H6.2BrH.Hf/c1-2-5-9-7-3-6-8(9)4-1;1-2-4-5-3-1;1-3-2;;;/h1-7H;1-3H,4H2;1-2H3;2*1H;. The number of fused-ring (bicyclic) bond motifs is 1. The van der Waals surface area contributed by atoms with Crippen LogP contribution in [0.5, 0.6) is 0 Å². The molecule has 0 fully saturated rings. The minimum absolute atomic E-state index is 0. The van der Waals surface area contributed by atoms with E-state index < -0.39 is 21.0 Å². The van der Waals surface area contributed by atoms with Gasteiger partial charge in [0.25, 0.3) is 0 Å². The first-order valence-corrected chi connectivity index (χ1v) is 12.2. The van der Waals surface area contributed by atoms with Crippen LogP contribution in [0.4, 0.5) is 0 Å². The van der Waals surface area contributed by atoms with Crippen LogP contribution < -0.4 is 0 Å². The molecule has 106 valence electrons. The molecule has 0 saturated carbocycles. The second-order valence-electron chi connectivity index (χ2n) is 5.20. The van der Waals surface area contributed by atoms with E-state index in [2.05, 4.69) is 68.5 Å². The van der Waals surface area contributed by atoms with Gasteiger partial charge >= 0.3 is 117 Å². The molecule has 0 aromatic heterocycles. The Bertz CT molecular complexity index is 605. The summed E-state index contributed by atoms with van der Waals surface area (Å²) in [6, 6.07) is 8.92. The fraction of sp³-hybridized carbons (Fsp3) is 0.235. The van der Waals surface area contributed by atoms with Crippen LogP contribution in [0.25, 0.3) is 6.08 Å². The predicted molar refractivity (Wildman–Crippen MR) is 97.1 cm³/mol. The Balaban J connectivity index is 0.000001000. The first-order chi connectivity index (χ1) is 8.77. The molecule has 0 nitrogen and oxygen atoms in total. The van der Waals surface area contributed by atoms with Crippen molar-refractivity contribution in [1.29, 1.82) is 0 Å². The van der Waals surface area contributed by atoms with Crippen LogP contribution in [0, 0.1) is 0 Å². The van der Waals surface area contributed by atoms with Crippen molar-refractivity contribution >= 4 is 43.3 Å². The quantitative estimate of drug-likeness (QED) is 0.413. The van der Waals surface area contributed by atoms with Crippen molar-refractivity contribution in [3.8, 4) is 0 Å². The van der Waals surface area contributed by atoms with E-state index in [0.717, 1.165) is 3.67 Å². The second kappa shape index (κ2) is 7.95. The van der Waals surface area contributed by atoms with E-state index in [4.69, 9.17) is 0 Å². The van der Waals surface area contributed by atoms with Crippen molar-refractivity contribution in [2.75, 3.05) is 0 Å². The number of allylic oxidation sites excluding steroid dienone is 5. The van der Waals surface area contributed by atoms with Gasteiger partial charge < -0.3 is 0 Å². The number of benzene rings is 1. The summed E-state index contributed by atoms with van der Waals surface area (Å²) in [6.45, 7) is 4.71. The molecule has 0 N–H and O–H groups in total. The summed E-state index contributed by atoms with van der Waals surface area (Å²) in [6.07, 6.45) is 13.0. The van der Waals surface area contributed by atoms with Gasteiger partial charge in [-0.05, 0) is 0 Å². The molecule has 1 aromatic rings. The van der Waals surface area contributed by atoms with Crippen molar-refractivity contribution in [2.24, 2.45) is 0 Å². The summed E-state index contributed by atoms with van der Waals surface area (Å²) in [4.78, 5) is 0. The summed E-state index contributed by atoms with van der Waals surface area (Å²) >= 11 is -1.86. The summed E-state index contributed by atoms with van der Waals surface area (Å²) < 4.78 is 4.23. The fourth-order valence-electron chi connectivity index (χ4n) is 2.98. The fourth-order valence-corrected chi connectivity index (χ4v) is 14.3. The Labute approximate surface area is 150 Å². The van der Waals surface area contributed by atoms with Gasteiger partial charge in [-0.15, -0.1) is 34.0 Å². The summed E-state index contributed by atoms with van der Waals surface area (Å²) in [7, 11) is 0. The first kappa shape index (κ1) is 18.2. The average molecular weight is 563 g/mol. The average Bonchev–Trinajstić information content (AvgIpc) is 3.00. The van der Waals surface area contributed by atoms with Crippen LogP contribution in [0.1, 0.15) is 35.1 Å². The van der Waals surface area contributed by atoms with E-state index in [-0.39, 0.29) is 34.0 Å². The van der Waals surface area contributed by atoms with Crippen LogP contribution in [-0.2, 0) is 21.0 Å². The number of halogens is 2. The minimum atomic E-state index is -1.86. The van der Waals surface area contributed by atoms with Crippen LogP contribution in [0.15, 0.2) is 51.9 Å². The van der Waals surface area contributed by atoms with Gasteiger partial charge in [0.2, 0.25) is 0 Å². The summed E-state index contributed by atoms with van der Waals surface area (Å²) in [5.74, 6) is 0. The van der Waals surface area contributed by atoms with Crippen molar-refractivity contribution < 1.29 is 21.0 Å². The van der Waals surface area contributed by atoms with Gasteiger partial charge in [0, 0.05) is 0 Å². The van der Waals surface area contributed by atoms with E-state index in [1.807, 2.05) is 0 Å². The molecule has 1 aromatic carbocycles. The third kappa shape index (κ3) is 3.48. The molecule has 0 radical (unpaired) electrons. The van der Waals surface area contributed by atoms with Gasteiger partial charge in [-0.25, -0.2) is 0 Å². The zero-order valence-electron chi connectivity index (χ0n) is 11.8. The van der Waals surface area contributed by atoms with Crippen LogP contribution >= 0.6 is 34.0 Å². The number of rotatable bonds is 2. The van der Waals surface area contributed by atoms with Gasteiger partial charge in [-0.2, -0.15) is 0 Å². The maximum atomic E-state index is 2.47. The molecule has 3 rings (SSSR count). The van der Waals surface area contributed by atoms with Crippen LogP contribution in [0.2, 0.25) is 0 Å². The van der Waals surface area contributed by atoms with Gasteiger partial charge in [-0.3, -0.25) is 0 Å². The Kier molecular flexibility index (Phi) is 7.23. The van der Waals surface area contributed by atoms with Gasteiger partial charge in [0.1, 0.15) is 0 Å². The summed E-state index contributed by atoms with van der Waals surface area (Å²) in [5.41, 5.74) is 3.02. The first-order valence-electron chi connectivity index (χ1n) is 6.58. The summed E-state index contributed by atoms with van der Waals surface area (Å²) in [5, 5.41) is 0. The molecule has 3 heteroatoms. The maximum absolute atomic E-state index is 2.47. The second-order valence-corrected chi connectivity index (χ2v) is 16.3. The Morgan fingerprint density at radius 3 is 2.55 bits per heavy atom. The molecule has 0 bridgehead atoms. The normalized spacial score (nSPS) is 17.9. The molecule has 0 aliphatic heterocycles. The monoisotopic (exact) mass is 562 g/mol. The Morgan fingerprint density at radius 2 is 1.90 bits per heavy atom. The van der Waals surface area contributed by atoms with E-state index in [9.17, 15) is 0 Å². The molecular weight excluding hydrogens is 542 g/mol. The zero-order valence-corrected chi connectivity index (χ0v) is 18.8. The molecule has 0 heterocycles. The molecule has 2 aliphatic rings. The van der Waals surface area contributed by atoms with Crippen LogP contribution in [0.3, 0.4) is 0 Å². The van der Waals surface area contributed by atoms with E-state index in [1.165, 1.54) is 12.0 Å². The third-order valence-corrected chi connectivity index (χ3v) is 15.5. The molecule has 0 saturated heterocycles. The third-order valence-electron chi connectivity index (χ3n) is 3.77. The van der Waals surface area contributed by atoms with E-state index >= 15 is 0 Å². The predicted octanol–water partition coefficient (Wildman–Crippen LogP) is 5.58. The van der Waals surface area contributed by atoms with Gasteiger partial charge in [-0.1, -0.05) is 0 Å². The Hall–Kier alpha value is 0.140. The van der Waals surface area contributed by atoms with Crippen molar-refractivity contribution in [3.05, 3.63) is 63.0 Å². The van der Waals surface area contributed by atoms with E-state index in [1.54, 1.807) is 12.1 Å². The molecule has 2 aliphatic carbocycles. The van der Waals surface area contributed by atoms with Gasteiger partial charge in [0.05, 0.1) is 0 Å². The Morgan fingerprint density at radius 1 is 1.15 bits per heavy atom.